The molecule has 0 unspecified atom stereocenters. The first-order valence-corrected chi connectivity index (χ1v) is 4.79. The number of hydrogen-bond acceptors (Lipinski definition) is 2. The molecule has 0 N–H and O–H groups in total. The fraction of sp³-hybridized carbons (Fsp3) is 0.545. The maximum Gasteiger partial charge on any atom is 0.0401 e. The fourth-order valence-electron chi connectivity index (χ4n) is 1.22. The van der Waals surface area contributed by atoms with Gasteiger partial charge in [-0.1, -0.05) is 18.2 Å². The summed E-state index contributed by atoms with van der Waals surface area (Å²) in [6.45, 7) is 2.06. The standard InChI is InChI=1S/C11H18N2/c1-13(2)9-5-8-12-10-11-6-3-4-7-11/h3-4,6,10H,5,7-9H2,1-2H3. The minimum Gasteiger partial charge on any atom is -0.309 e. The summed E-state index contributed by atoms with van der Waals surface area (Å²) >= 11 is 0. The lowest BCUT2D eigenvalue weighted by atomic mass is 10.2. The second-order valence-electron chi connectivity index (χ2n) is 3.57. The zero-order valence-corrected chi connectivity index (χ0v) is 8.53. The summed E-state index contributed by atoms with van der Waals surface area (Å²) in [6.07, 6.45) is 10.6. The molecule has 0 amide bonds. The van der Waals surface area contributed by atoms with Crippen molar-refractivity contribution in [3.05, 3.63) is 23.8 Å². The maximum atomic E-state index is 4.37. The molecule has 1 aliphatic carbocycles. The van der Waals surface area contributed by atoms with Crippen LogP contribution in [0.25, 0.3) is 0 Å². The van der Waals surface area contributed by atoms with E-state index < -0.39 is 0 Å². The Balaban J connectivity index is 2.05. The van der Waals surface area contributed by atoms with Gasteiger partial charge in [-0.2, -0.15) is 0 Å². The molecule has 0 saturated carbocycles. The van der Waals surface area contributed by atoms with Crippen LogP contribution in [0.2, 0.25) is 0 Å². The van der Waals surface area contributed by atoms with Crippen LogP contribution < -0.4 is 0 Å². The van der Waals surface area contributed by atoms with Crippen molar-refractivity contribution >= 4 is 6.21 Å². The van der Waals surface area contributed by atoms with E-state index in [1.807, 2.05) is 6.21 Å². The van der Waals surface area contributed by atoms with E-state index in [9.17, 15) is 0 Å². The third-order valence-corrected chi connectivity index (χ3v) is 1.95. The van der Waals surface area contributed by atoms with Crippen molar-refractivity contribution in [3.63, 3.8) is 0 Å². The van der Waals surface area contributed by atoms with Gasteiger partial charge in [-0.05, 0) is 39.1 Å². The predicted molar refractivity (Wildman–Crippen MR) is 58.4 cm³/mol. The molecule has 0 heterocycles. The van der Waals surface area contributed by atoms with Gasteiger partial charge in [0.1, 0.15) is 0 Å². The van der Waals surface area contributed by atoms with Crippen LogP contribution in [0, 0.1) is 0 Å². The Bertz CT molecular complexity index is 224. The number of aliphatic imine (C=N–C) groups is 1. The van der Waals surface area contributed by atoms with Crippen molar-refractivity contribution in [1.82, 2.24) is 4.90 Å². The van der Waals surface area contributed by atoms with Crippen LogP contribution in [0.4, 0.5) is 0 Å². The summed E-state index contributed by atoms with van der Waals surface area (Å²) in [4.78, 5) is 6.55. The van der Waals surface area contributed by atoms with E-state index in [2.05, 4.69) is 42.2 Å². The molecule has 2 heteroatoms. The van der Waals surface area contributed by atoms with Crippen LogP contribution in [0.1, 0.15) is 12.8 Å². The monoisotopic (exact) mass is 178 g/mol. The Morgan fingerprint density at radius 3 is 3.00 bits per heavy atom. The van der Waals surface area contributed by atoms with Gasteiger partial charge in [-0.25, -0.2) is 0 Å². The van der Waals surface area contributed by atoms with E-state index in [-0.39, 0.29) is 0 Å². The van der Waals surface area contributed by atoms with Gasteiger partial charge in [0.05, 0.1) is 0 Å². The van der Waals surface area contributed by atoms with Crippen molar-refractivity contribution in [1.29, 1.82) is 0 Å². The Morgan fingerprint density at radius 2 is 2.38 bits per heavy atom. The number of hydrogen-bond donors (Lipinski definition) is 0. The topological polar surface area (TPSA) is 15.6 Å². The Kier molecular flexibility index (Phi) is 4.47. The second-order valence-corrected chi connectivity index (χ2v) is 3.57. The van der Waals surface area contributed by atoms with E-state index >= 15 is 0 Å². The molecule has 0 fully saturated rings. The highest BCUT2D eigenvalue weighted by molar-refractivity contribution is 5.80. The lowest BCUT2D eigenvalue weighted by Gasteiger charge is -2.06. The van der Waals surface area contributed by atoms with Gasteiger partial charge in [0.15, 0.2) is 0 Å². The van der Waals surface area contributed by atoms with Crippen LogP contribution in [0.15, 0.2) is 28.8 Å². The third-order valence-electron chi connectivity index (χ3n) is 1.95. The van der Waals surface area contributed by atoms with E-state index in [4.69, 9.17) is 0 Å². The molecule has 0 aromatic heterocycles. The third kappa shape index (κ3) is 4.63. The zero-order valence-electron chi connectivity index (χ0n) is 8.53. The van der Waals surface area contributed by atoms with E-state index in [1.54, 1.807) is 0 Å². The van der Waals surface area contributed by atoms with Gasteiger partial charge >= 0.3 is 0 Å². The number of rotatable bonds is 5. The number of allylic oxidation sites excluding steroid dienone is 4. The van der Waals surface area contributed by atoms with Gasteiger partial charge in [0, 0.05) is 12.8 Å². The van der Waals surface area contributed by atoms with Gasteiger partial charge in [-0.15, -0.1) is 0 Å². The highest BCUT2D eigenvalue weighted by atomic mass is 15.0. The molecule has 72 valence electrons. The lowest BCUT2D eigenvalue weighted by molar-refractivity contribution is 0.403. The van der Waals surface area contributed by atoms with Gasteiger partial charge in [0.2, 0.25) is 0 Å². The Morgan fingerprint density at radius 1 is 1.54 bits per heavy atom. The highest BCUT2D eigenvalue weighted by Crippen LogP contribution is 2.06. The Hall–Kier alpha value is -0.890. The molecule has 1 aliphatic rings. The average molecular weight is 178 g/mol. The van der Waals surface area contributed by atoms with E-state index in [0.717, 1.165) is 25.9 Å². The molecular formula is C11H18N2. The van der Waals surface area contributed by atoms with Crippen molar-refractivity contribution < 1.29 is 0 Å². The molecule has 0 spiro atoms. The van der Waals surface area contributed by atoms with Crippen molar-refractivity contribution in [2.75, 3.05) is 27.2 Å². The van der Waals surface area contributed by atoms with Crippen LogP contribution in [-0.2, 0) is 0 Å². The van der Waals surface area contributed by atoms with Crippen LogP contribution in [0.5, 0.6) is 0 Å². The molecule has 0 aliphatic heterocycles. The summed E-state index contributed by atoms with van der Waals surface area (Å²) in [6, 6.07) is 0. The fourth-order valence-corrected chi connectivity index (χ4v) is 1.22. The number of nitrogens with zero attached hydrogens (tertiary/aromatic N) is 2. The first kappa shape index (κ1) is 10.2. The van der Waals surface area contributed by atoms with E-state index in [1.165, 1.54) is 5.57 Å². The lowest BCUT2D eigenvalue weighted by Crippen LogP contribution is -2.13. The van der Waals surface area contributed by atoms with Crippen LogP contribution >= 0.6 is 0 Å². The quantitative estimate of drug-likeness (QED) is 0.464. The van der Waals surface area contributed by atoms with Crippen molar-refractivity contribution in [3.8, 4) is 0 Å². The smallest absolute Gasteiger partial charge is 0.0401 e. The molecule has 0 atom stereocenters. The second kappa shape index (κ2) is 5.70. The predicted octanol–water partition coefficient (Wildman–Crippen LogP) is 1.90. The highest BCUT2D eigenvalue weighted by Gasteiger charge is 1.93. The molecule has 0 aromatic rings. The van der Waals surface area contributed by atoms with Crippen molar-refractivity contribution in [2.24, 2.45) is 4.99 Å². The largest absolute Gasteiger partial charge is 0.309 e. The molecule has 1 rings (SSSR count). The summed E-state index contributed by atoms with van der Waals surface area (Å²) in [5.74, 6) is 0. The van der Waals surface area contributed by atoms with Gasteiger partial charge in [0.25, 0.3) is 0 Å². The van der Waals surface area contributed by atoms with Crippen LogP contribution in [-0.4, -0.2) is 38.3 Å². The summed E-state index contributed by atoms with van der Waals surface area (Å²) in [5.41, 5.74) is 1.32. The average Bonchev–Trinajstić information content (AvgIpc) is 2.55. The van der Waals surface area contributed by atoms with Gasteiger partial charge < -0.3 is 4.90 Å². The molecule has 0 radical (unpaired) electrons. The summed E-state index contributed by atoms with van der Waals surface area (Å²) in [7, 11) is 4.18. The first-order valence-electron chi connectivity index (χ1n) is 4.79. The van der Waals surface area contributed by atoms with Gasteiger partial charge in [-0.3, -0.25) is 4.99 Å². The van der Waals surface area contributed by atoms with Crippen LogP contribution in [0.3, 0.4) is 0 Å². The van der Waals surface area contributed by atoms with E-state index in [0.29, 0.717) is 0 Å². The summed E-state index contributed by atoms with van der Waals surface area (Å²) < 4.78 is 0. The molecule has 2 nitrogen and oxygen atoms in total. The minimum atomic E-state index is 0.940. The molecular weight excluding hydrogens is 160 g/mol. The molecule has 0 bridgehead atoms. The molecule has 0 saturated heterocycles. The zero-order chi connectivity index (χ0) is 9.52. The molecule has 0 aromatic carbocycles. The maximum absolute atomic E-state index is 4.37. The minimum absolute atomic E-state index is 0.940. The first-order chi connectivity index (χ1) is 6.29. The summed E-state index contributed by atoms with van der Waals surface area (Å²) in [5, 5.41) is 0. The SMILES string of the molecule is CN(C)CCCN=CC1=CC=CC1. The Labute approximate surface area is 80.7 Å². The van der Waals surface area contributed by atoms with Crippen molar-refractivity contribution in [2.45, 2.75) is 12.8 Å². The molecule has 13 heavy (non-hydrogen) atoms. The normalized spacial score (nSPS) is 16.1.